The Balaban J connectivity index is 1.83. The molecule has 1 aliphatic rings. The van der Waals surface area contributed by atoms with Crippen LogP contribution in [0.1, 0.15) is 29.8 Å². The monoisotopic (exact) mass is 297 g/mol. The Morgan fingerprint density at radius 1 is 1.18 bits per heavy atom. The first kappa shape index (κ1) is 14.6. The summed E-state index contributed by atoms with van der Waals surface area (Å²) in [5.74, 6) is 0.656. The van der Waals surface area contributed by atoms with Crippen molar-refractivity contribution in [3.05, 3.63) is 47.3 Å². The molecule has 5 heteroatoms. The Labute approximate surface area is 131 Å². The zero-order valence-corrected chi connectivity index (χ0v) is 13.3. The van der Waals surface area contributed by atoms with Crippen molar-refractivity contribution in [2.75, 3.05) is 13.1 Å². The lowest BCUT2D eigenvalue weighted by molar-refractivity contribution is 0.510. The third kappa shape index (κ3) is 2.84. The quantitative estimate of drug-likeness (QED) is 0.699. The van der Waals surface area contributed by atoms with E-state index in [2.05, 4.69) is 34.0 Å². The molecule has 0 spiro atoms. The fourth-order valence-corrected chi connectivity index (χ4v) is 2.93. The van der Waals surface area contributed by atoms with Gasteiger partial charge in [-0.15, -0.1) is 0 Å². The zero-order valence-electron chi connectivity index (χ0n) is 13.3. The highest BCUT2D eigenvalue weighted by molar-refractivity contribution is 5.78. The Bertz CT molecular complexity index is 666. The molecule has 0 unspecified atom stereocenters. The highest BCUT2D eigenvalue weighted by atomic mass is 15.3. The van der Waals surface area contributed by atoms with Crippen molar-refractivity contribution in [1.29, 1.82) is 0 Å². The van der Waals surface area contributed by atoms with Gasteiger partial charge in [-0.1, -0.05) is 18.2 Å². The van der Waals surface area contributed by atoms with Gasteiger partial charge in [0.2, 0.25) is 0 Å². The van der Waals surface area contributed by atoms with Gasteiger partial charge in [0.05, 0.1) is 17.9 Å². The van der Waals surface area contributed by atoms with Crippen molar-refractivity contribution in [3.63, 3.8) is 0 Å². The summed E-state index contributed by atoms with van der Waals surface area (Å²) >= 11 is 0. The van der Waals surface area contributed by atoms with Crippen LogP contribution >= 0.6 is 0 Å². The van der Waals surface area contributed by atoms with Gasteiger partial charge in [0.1, 0.15) is 0 Å². The second kappa shape index (κ2) is 6.22. The summed E-state index contributed by atoms with van der Waals surface area (Å²) in [6.45, 7) is 6.76. The Kier molecular flexibility index (Phi) is 4.13. The Morgan fingerprint density at radius 3 is 2.55 bits per heavy atom. The highest BCUT2D eigenvalue weighted by Gasteiger charge is 2.15. The van der Waals surface area contributed by atoms with Gasteiger partial charge in [-0.25, -0.2) is 9.67 Å². The van der Waals surface area contributed by atoms with Gasteiger partial charge in [0.15, 0.2) is 5.96 Å². The number of aliphatic imine (C=N–C) groups is 1. The van der Waals surface area contributed by atoms with Crippen molar-refractivity contribution >= 4 is 5.96 Å². The van der Waals surface area contributed by atoms with E-state index in [-0.39, 0.29) is 0 Å². The number of aryl methyl sites for hydroxylation is 1. The first-order chi connectivity index (χ1) is 10.7. The van der Waals surface area contributed by atoms with Gasteiger partial charge < -0.3 is 10.6 Å². The number of aromatic nitrogens is 2. The average molecular weight is 297 g/mol. The van der Waals surface area contributed by atoms with E-state index in [1.54, 1.807) is 0 Å². The van der Waals surface area contributed by atoms with E-state index in [1.807, 2.05) is 29.8 Å². The highest BCUT2D eigenvalue weighted by Crippen LogP contribution is 2.19. The lowest BCUT2D eigenvalue weighted by Gasteiger charge is -2.15. The second-order valence-corrected chi connectivity index (χ2v) is 5.77. The predicted octanol–water partition coefficient (Wildman–Crippen LogP) is 2.40. The van der Waals surface area contributed by atoms with Crippen molar-refractivity contribution in [1.82, 2.24) is 14.7 Å². The number of guanidine groups is 1. The summed E-state index contributed by atoms with van der Waals surface area (Å²) in [5.41, 5.74) is 10.5. The number of rotatable bonds is 3. The standard InChI is InChI=1S/C17H23N5/c1-13-16(12-19-17(18)21-10-6-7-11-21)14(2)22(20-13)15-8-4-3-5-9-15/h3-5,8-9H,6-7,10-12H2,1-2H3,(H2,18,19). The summed E-state index contributed by atoms with van der Waals surface area (Å²) in [4.78, 5) is 6.73. The average Bonchev–Trinajstić information content (AvgIpc) is 3.15. The molecule has 2 aromatic rings. The Morgan fingerprint density at radius 2 is 1.86 bits per heavy atom. The van der Waals surface area contributed by atoms with E-state index in [1.165, 1.54) is 12.8 Å². The number of benzene rings is 1. The van der Waals surface area contributed by atoms with Crippen LogP contribution in [0.2, 0.25) is 0 Å². The molecular weight excluding hydrogens is 274 g/mol. The van der Waals surface area contributed by atoms with E-state index in [4.69, 9.17) is 5.73 Å². The van der Waals surface area contributed by atoms with Gasteiger partial charge in [-0.3, -0.25) is 0 Å². The van der Waals surface area contributed by atoms with E-state index in [9.17, 15) is 0 Å². The number of likely N-dealkylation sites (tertiary alicyclic amines) is 1. The molecule has 1 saturated heterocycles. The maximum atomic E-state index is 6.09. The van der Waals surface area contributed by atoms with Crippen LogP contribution in [0.4, 0.5) is 0 Å². The molecule has 3 rings (SSSR count). The van der Waals surface area contributed by atoms with Crippen molar-refractivity contribution in [2.45, 2.75) is 33.2 Å². The minimum absolute atomic E-state index is 0.590. The number of para-hydroxylation sites is 1. The molecule has 1 aromatic carbocycles. The summed E-state index contributed by atoms with van der Waals surface area (Å²) < 4.78 is 1.98. The van der Waals surface area contributed by atoms with Crippen molar-refractivity contribution in [2.24, 2.45) is 10.7 Å². The third-order valence-corrected chi connectivity index (χ3v) is 4.27. The zero-order chi connectivity index (χ0) is 15.5. The van der Waals surface area contributed by atoms with Gasteiger partial charge in [0, 0.05) is 24.3 Å². The summed E-state index contributed by atoms with van der Waals surface area (Å²) in [7, 11) is 0. The second-order valence-electron chi connectivity index (χ2n) is 5.77. The van der Waals surface area contributed by atoms with Crippen molar-refractivity contribution < 1.29 is 0 Å². The Hall–Kier alpha value is -2.30. The molecule has 0 radical (unpaired) electrons. The van der Waals surface area contributed by atoms with Crippen LogP contribution in [-0.4, -0.2) is 33.7 Å². The first-order valence-corrected chi connectivity index (χ1v) is 7.82. The third-order valence-electron chi connectivity index (χ3n) is 4.27. The molecular formula is C17H23N5. The number of hydrogen-bond donors (Lipinski definition) is 1. The van der Waals surface area contributed by atoms with E-state index >= 15 is 0 Å². The molecule has 2 N–H and O–H groups in total. The lowest BCUT2D eigenvalue weighted by atomic mass is 10.2. The van der Waals surface area contributed by atoms with E-state index in [0.717, 1.165) is 35.7 Å². The molecule has 0 atom stereocenters. The largest absolute Gasteiger partial charge is 0.370 e. The topological polar surface area (TPSA) is 59.4 Å². The van der Waals surface area contributed by atoms with Gasteiger partial charge in [-0.05, 0) is 38.8 Å². The van der Waals surface area contributed by atoms with Crippen LogP contribution < -0.4 is 5.73 Å². The molecule has 22 heavy (non-hydrogen) atoms. The predicted molar refractivity (Wildman–Crippen MR) is 89.2 cm³/mol. The molecule has 1 aromatic heterocycles. The number of nitrogens with two attached hydrogens (primary N) is 1. The molecule has 0 aliphatic carbocycles. The molecule has 5 nitrogen and oxygen atoms in total. The van der Waals surface area contributed by atoms with Crippen LogP contribution in [-0.2, 0) is 6.54 Å². The minimum Gasteiger partial charge on any atom is -0.370 e. The van der Waals surface area contributed by atoms with E-state index < -0.39 is 0 Å². The maximum Gasteiger partial charge on any atom is 0.191 e. The first-order valence-electron chi connectivity index (χ1n) is 7.82. The van der Waals surface area contributed by atoms with Crippen molar-refractivity contribution in [3.8, 4) is 5.69 Å². The maximum absolute atomic E-state index is 6.09. The fraction of sp³-hybridized carbons (Fsp3) is 0.412. The molecule has 0 bridgehead atoms. The van der Waals surface area contributed by atoms with Crippen LogP contribution in [0, 0.1) is 13.8 Å². The van der Waals surface area contributed by atoms with Crippen LogP contribution in [0.5, 0.6) is 0 Å². The van der Waals surface area contributed by atoms with Gasteiger partial charge in [0.25, 0.3) is 0 Å². The molecule has 0 amide bonds. The molecule has 2 heterocycles. The van der Waals surface area contributed by atoms with E-state index in [0.29, 0.717) is 12.5 Å². The molecule has 1 aliphatic heterocycles. The lowest BCUT2D eigenvalue weighted by Crippen LogP contribution is -2.34. The SMILES string of the molecule is Cc1nn(-c2ccccc2)c(C)c1CN=C(N)N1CCCC1. The summed E-state index contributed by atoms with van der Waals surface area (Å²) in [6.07, 6.45) is 2.42. The van der Waals surface area contributed by atoms with Gasteiger partial charge in [-0.2, -0.15) is 5.10 Å². The van der Waals surface area contributed by atoms with Crippen LogP contribution in [0.15, 0.2) is 35.3 Å². The fourth-order valence-electron chi connectivity index (χ4n) is 2.93. The summed E-state index contributed by atoms with van der Waals surface area (Å²) in [5, 5.41) is 4.65. The van der Waals surface area contributed by atoms with Gasteiger partial charge >= 0.3 is 0 Å². The number of nitrogens with zero attached hydrogens (tertiary/aromatic N) is 4. The molecule has 1 fully saturated rings. The van der Waals surface area contributed by atoms with Crippen LogP contribution in [0.3, 0.4) is 0 Å². The summed E-state index contributed by atoms with van der Waals surface area (Å²) in [6, 6.07) is 10.2. The minimum atomic E-state index is 0.590. The normalized spacial score (nSPS) is 15.5. The molecule has 0 saturated carbocycles. The molecule has 116 valence electrons. The van der Waals surface area contributed by atoms with Crippen LogP contribution in [0.25, 0.3) is 5.69 Å². The number of hydrogen-bond acceptors (Lipinski definition) is 2. The smallest absolute Gasteiger partial charge is 0.191 e.